The fraction of sp³-hybridized carbons (Fsp3) is 0.667. The predicted molar refractivity (Wildman–Crippen MR) is 93.5 cm³/mol. The molecular formula is C18H26BrNO3. The van der Waals surface area contributed by atoms with Crippen LogP contribution in [0.25, 0.3) is 0 Å². The summed E-state index contributed by atoms with van der Waals surface area (Å²) in [4.78, 5) is 2.38. The van der Waals surface area contributed by atoms with Crippen LogP contribution in [0.2, 0.25) is 0 Å². The number of ether oxygens (including phenoxy) is 2. The van der Waals surface area contributed by atoms with Crippen LogP contribution in [0.1, 0.15) is 37.3 Å². The van der Waals surface area contributed by atoms with Gasteiger partial charge in [0.1, 0.15) is 0 Å². The van der Waals surface area contributed by atoms with Crippen molar-refractivity contribution in [1.29, 1.82) is 0 Å². The maximum Gasteiger partial charge on any atom is 0.0900 e. The first-order valence-electron chi connectivity index (χ1n) is 8.59. The molecular weight excluding hydrogens is 358 g/mol. The molecule has 1 aromatic rings. The molecule has 1 N–H and O–H groups in total. The van der Waals surface area contributed by atoms with E-state index < -0.39 is 6.10 Å². The number of halogens is 1. The van der Waals surface area contributed by atoms with E-state index in [1.54, 1.807) is 0 Å². The van der Waals surface area contributed by atoms with Crippen LogP contribution >= 0.6 is 15.9 Å². The topological polar surface area (TPSA) is 41.9 Å². The second-order valence-electron chi connectivity index (χ2n) is 6.53. The Morgan fingerprint density at radius 3 is 2.83 bits per heavy atom. The van der Waals surface area contributed by atoms with Gasteiger partial charge < -0.3 is 14.6 Å². The molecule has 0 spiro atoms. The number of nitrogens with zero attached hydrogens (tertiary/aromatic N) is 1. The Kier molecular flexibility index (Phi) is 6.48. The summed E-state index contributed by atoms with van der Waals surface area (Å²) in [6.45, 7) is 3.56. The summed E-state index contributed by atoms with van der Waals surface area (Å²) in [5.74, 6) is 0. The molecule has 2 heterocycles. The van der Waals surface area contributed by atoms with Crippen LogP contribution in [0.15, 0.2) is 28.7 Å². The van der Waals surface area contributed by atoms with Crippen LogP contribution in [0.5, 0.6) is 0 Å². The van der Waals surface area contributed by atoms with Gasteiger partial charge in [0.15, 0.2) is 0 Å². The first-order valence-corrected chi connectivity index (χ1v) is 9.38. The van der Waals surface area contributed by atoms with Gasteiger partial charge >= 0.3 is 0 Å². The van der Waals surface area contributed by atoms with E-state index in [0.29, 0.717) is 25.8 Å². The Labute approximate surface area is 146 Å². The highest BCUT2D eigenvalue weighted by atomic mass is 79.9. The number of aliphatic hydroxyl groups excluding tert-OH is 1. The second-order valence-corrected chi connectivity index (χ2v) is 7.45. The highest BCUT2D eigenvalue weighted by molar-refractivity contribution is 9.10. The van der Waals surface area contributed by atoms with E-state index in [1.807, 2.05) is 0 Å². The van der Waals surface area contributed by atoms with Crippen molar-refractivity contribution in [2.45, 2.75) is 43.9 Å². The average molecular weight is 384 g/mol. The smallest absolute Gasteiger partial charge is 0.0900 e. The Hall–Kier alpha value is -0.460. The standard InChI is InChI=1S/C18H26BrNO3/c19-15-7-5-14(6-8-15)18-4-1-9-20(18)11-16(21)12-22-13-17-3-2-10-23-17/h5-8,16-18,21H,1-4,9-13H2/t16-,17+,18+/m0/s1. The molecule has 5 heteroatoms. The highest BCUT2D eigenvalue weighted by Crippen LogP contribution is 2.32. The lowest BCUT2D eigenvalue weighted by molar-refractivity contribution is -0.0261. The Balaban J connectivity index is 1.44. The normalized spacial score (nSPS) is 26.7. The number of hydrogen-bond acceptors (Lipinski definition) is 4. The summed E-state index contributed by atoms with van der Waals surface area (Å²) in [5, 5.41) is 10.3. The van der Waals surface area contributed by atoms with E-state index >= 15 is 0 Å². The van der Waals surface area contributed by atoms with Crippen LogP contribution in [-0.4, -0.2) is 55.1 Å². The molecule has 23 heavy (non-hydrogen) atoms. The molecule has 2 aliphatic heterocycles. The quantitative estimate of drug-likeness (QED) is 0.785. The zero-order chi connectivity index (χ0) is 16.1. The molecule has 3 rings (SSSR count). The number of hydrogen-bond donors (Lipinski definition) is 1. The lowest BCUT2D eigenvalue weighted by Gasteiger charge is -2.27. The molecule has 1 aromatic carbocycles. The number of benzene rings is 1. The summed E-state index contributed by atoms with van der Waals surface area (Å²) >= 11 is 3.49. The van der Waals surface area contributed by atoms with E-state index in [0.717, 1.165) is 36.9 Å². The molecule has 0 radical (unpaired) electrons. The fourth-order valence-electron chi connectivity index (χ4n) is 3.54. The zero-order valence-corrected chi connectivity index (χ0v) is 15.1. The number of rotatable bonds is 7. The monoisotopic (exact) mass is 383 g/mol. The fourth-order valence-corrected chi connectivity index (χ4v) is 3.81. The largest absolute Gasteiger partial charge is 0.389 e. The van der Waals surface area contributed by atoms with Crippen molar-refractivity contribution in [3.8, 4) is 0 Å². The maximum absolute atomic E-state index is 10.3. The number of likely N-dealkylation sites (tertiary alicyclic amines) is 1. The van der Waals surface area contributed by atoms with Crippen molar-refractivity contribution < 1.29 is 14.6 Å². The molecule has 128 valence electrons. The van der Waals surface area contributed by atoms with Gasteiger partial charge in [-0.3, -0.25) is 4.90 Å². The van der Waals surface area contributed by atoms with Gasteiger partial charge in [-0.25, -0.2) is 0 Å². The molecule has 0 bridgehead atoms. The van der Waals surface area contributed by atoms with Gasteiger partial charge in [-0.15, -0.1) is 0 Å². The molecule has 2 fully saturated rings. The van der Waals surface area contributed by atoms with Crippen LogP contribution < -0.4 is 0 Å². The molecule has 0 unspecified atom stereocenters. The van der Waals surface area contributed by atoms with Crippen molar-refractivity contribution in [1.82, 2.24) is 4.90 Å². The third kappa shape index (κ3) is 5.00. The molecule has 2 saturated heterocycles. The molecule has 0 amide bonds. The Morgan fingerprint density at radius 2 is 2.09 bits per heavy atom. The predicted octanol–water partition coefficient (Wildman–Crippen LogP) is 3.14. The maximum atomic E-state index is 10.3. The number of β-amino-alcohol motifs (C(OH)–C–C–N with tert-alkyl or cyclic N) is 1. The lowest BCUT2D eigenvalue weighted by Crippen LogP contribution is -2.35. The zero-order valence-electron chi connectivity index (χ0n) is 13.5. The molecule has 4 nitrogen and oxygen atoms in total. The van der Waals surface area contributed by atoms with Gasteiger partial charge in [-0.2, -0.15) is 0 Å². The molecule has 0 saturated carbocycles. The Morgan fingerprint density at radius 1 is 1.26 bits per heavy atom. The SMILES string of the molecule is O[C@H](COC[C@H]1CCCO1)CN1CCC[C@@H]1c1ccc(Br)cc1. The van der Waals surface area contributed by atoms with E-state index in [1.165, 1.54) is 12.0 Å². The first kappa shape index (κ1) is 17.4. The summed E-state index contributed by atoms with van der Waals surface area (Å²) in [6, 6.07) is 8.94. The first-order chi connectivity index (χ1) is 11.2. The van der Waals surface area contributed by atoms with Crippen LogP contribution in [0.4, 0.5) is 0 Å². The summed E-state index contributed by atoms with van der Waals surface area (Å²) in [6.07, 6.45) is 4.33. The summed E-state index contributed by atoms with van der Waals surface area (Å²) < 4.78 is 12.3. The lowest BCUT2D eigenvalue weighted by atomic mass is 10.0. The van der Waals surface area contributed by atoms with Gasteiger partial charge in [0, 0.05) is 23.7 Å². The summed E-state index contributed by atoms with van der Waals surface area (Å²) in [5.41, 5.74) is 1.33. The van der Waals surface area contributed by atoms with Gasteiger partial charge in [0.2, 0.25) is 0 Å². The van der Waals surface area contributed by atoms with E-state index in [-0.39, 0.29) is 6.10 Å². The van der Waals surface area contributed by atoms with Crippen LogP contribution in [0, 0.1) is 0 Å². The third-order valence-electron chi connectivity index (χ3n) is 4.70. The highest BCUT2D eigenvalue weighted by Gasteiger charge is 2.27. The van der Waals surface area contributed by atoms with Crippen LogP contribution in [0.3, 0.4) is 0 Å². The van der Waals surface area contributed by atoms with Crippen LogP contribution in [-0.2, 0) is 9.47 Å². The Bertz CT molecular complexity index is 476. The van der Waals surface area contributed by atoms with Gasteiger partial charge in [0.25, 0.3) is 0 Å². The molecule has 0 aromatic heterocycles. The van der Waals surface area contributed by atoms with Crippen molar-refractivity contribution in [3.05, 3.63) is 34.3 Å². The van der Waals surface area contributed by atoms with E-state index in [2.05, 4.69) is 45.1 Å². The molecule has 2 aliphatic rings. The molecule has 3 atom stereocenters. The number of aliphatic hydroxyl groups is 1. The minimum absolute atomic E-state index is 0.226. The van der Waals surface area contributed by atoms with E-state index in [9.17, 15) is 5.11 Å². The van der Waals surface area contributed by atoms with E-state index in [4.69, 9.17) is 9.47 Å². The van der Waals surface area contributed by atoms with Gasteiger partial charge in [-0.1, -0.05) is 28.1 Å². The average Bonchev–Trinajstić information content (AvgIpc) is 3.20. The van der Waals surface area contributed by atoms with Gasteiger partial charge in [0.05, 0.1) is 25.4 Å². The molecule has 0 aliphatic carbocycles. The van der Waals surface area contributed by atoms with Crippen molar-refractivity contribution in [2.75, 3.05) is 32.9 Å². The minimum atomic E-state index is -0.438. The third-order valence-corrected chi connectivity index (χ3v) is 5.23. The van der Waals surface area contributed by atoms with Crippen molar-refractivity contribution >= 4 is 15.9 Å². The van der Waals surface area contributed by atoms with Crippen molar-refractivity contribution in [2.24, 2.45) is 0 Å². The minimum Gasteiger partial charge on any atom is -0.389 e. The van der Waals surface area contributed by atoms with Gasteiger partial charge in [-0.05, 0) is 49.9 Å². The van der Waals surface area contributed by atoms with Crippen molar-refractivity contribution in [3.63, 3.8) is 0 Å². The second kappa shape index (κ2) is 8.58. The summed E-state index contributed by atoms with van der Waals surface area (Å²) in [7, 11) is 0.